The average Bonchev–Trinajstić information content (AvgIpc) is 2.76. The van der Waals surface area contributed by atoms with Gasteiger partial charge in [0.15, 0.2) is 0 Å². The molecular weight excluding hydrogens is 411 g/mol. The number of nitrogens with zero attached hydrogens (tertiary/aromatic N) is 1. The fourth-order valence-electron chi connectivity index (χ4n) is 4.75. The number of benzene rings is 2. The number of hydrogen-bond acceptors (Lipinski definition) is 2. The molecule has 2 nitrogen and oxygen atoms in total. The number of hydrogen-bond donors (Lipinski definition) is 0. The van der Waals surface area contributed by atoms with Crippen LogP contribution in [0.4, 0.5) is 13.2 Å². The standard InChI is InChI=1S/C27H34F3NO/c1-5-31-12-6-7-21(17-31)23-14-22(20-8-10-25(11-9-20)27(28,29)30)15-24(16-23)26(19(4)32)13-18(2)3/h8-11,14-16,18,21,26H,5-7,12-13,17H2,1-4H3. The normalized spacial score (nSPS) is 18.7. The van der Waals surface area contributed by atoms with E-state index in [2.05, 4.69) is 37.8 Å². The maximum absolute atomic E-state index is 13.0. The molecule has 1 heterocycles. The third kappa shape index (κ3) is 6.00. The SMILES string of the molecule is CCN1CCCC(c2cc(-c3ccc(C(F)(F)F)cc3)cc(C(CC(C)C)C(C)=O)c2)C1. The van der Waals surface area contributed by atoms with Crippen LogP contribution < -0.4 is 0 Å². The summed E-state index contributed by atoms with van der Waals surface area (Å²) < 4.78 is 39.1. The third-order valence-corrected chi connectivity index (χ3v) is 6.55. The summed E-state index contributed by atoms with van der Waals surface area (Å²) in [6.45, 7) is 11.1. The molecule has 0 amide bonds. The van der Waals surface area contributed by atoms with Gasteiger partial charge in [0.05, 0.1) is 5.56 Å². The van der Waals surface area contributed by atoms with Gasteiger partial charge in [-0.3, -0.25) is 4.79 Å². The number of likely N-dealkylation sites (tertiary alicyclic amines) is 1. The number of rotatable bonds is 7. The quantitative estimate of drug-likeness (QED) is 0.446. The molecule has 2 unspecified atom stereocenters. The van der Waals surface area contributed by atoms with Crippen molar-refractivity contribution in [3.8, 4) is 11.1 Å². The van der Waals surface area contributed by atoms with Crippen LogP contribution in [0.1, 0.15) is 75.5 Å². The van der Waals surface area contributed by atoms with Gasteiger partial charge in [-0.05, 0) is 85.5 Å². The number of Topliss-reactive ketones (excluding diaryl/α,β-unsaturated/α-hetero) is 1. The van der Waals surface area contributed by atoms with E-state index in [9.17, 15) is 18.0 Å². The van der Waals surface area contributed by atoms with E-state index in [1.54, 1.807) is 6.92 Å². The molecule has 0 spiro atoms. The van der Waals surface area contributed by atoms with Crippen LogP contribution in [-0.4, -0.2) is 30.3 Å². The van der Waals surface area contributed by atoms with Crippen LogP contribution in [0.25, 0.3) is 11.1 Å². The predicted molar refractivity (Wildman–Crippen MR) is 124 cm³/mol. The third-order valence-electron chi connectivity index (χ3n) is 6.55. The van der Waals surface area contributed by atoms with Crippen molar-refractivity contribution in [1.82, 2.24) is 4.90 Å². The zero-order chi connectivity index (χ0) is 23.5. The molecule has 0 saturated carbocycles. The van der Waals surface area contributed by atoms with Crippen LogP contribution in [0.2, 0.25) is 0 Å². The molecule has 2 aromatic carbocycles. The van der Waals surface area contributed by atoms with Crippen molar-refractivity contribution in [3.05, 3.63) is 59.2 Å². The molecule has 174 valence electrons. The molecule has 2 aromatic rings. The van der Waals surface area contributed by atoms with E-state index in [1.165, 1.54) is 17.7 Å². The van der Waals surface area contributed by atoms with Crippen LogP contribution in [-0.2, 0) is 11.0 Å². The van der Waals surface area contributed by atoms with Crippen LogP contribution in [0.5, 0.6) is 0 Å². The molecule has 0 radical (unpaired) electrons. The van der Waals surface area contributed by atoms with Crippen molar-refractivity contribution < 1.29 is 18.0 Å². The van der Waals surface area contributed by atoms with Crippen LogP contribution in [0, 0.1) is 5.92 Å². The summed E-state index contributed by atoms with van der Waals surface area (Å²) in [5.74, 6) is 0.665. The van der Waals surface area contributed by atoms with Gasteiger partial charge in [0.25, 0.3) is 0 Å². The monoisotopic (exact) mass is 445 g/mol. The van der Waals surface area contributed by atoms with E-state index in [0.717, 1.165) is 67.7 Å². The highest BCUT2D eigenvalue weighted by molar-refractivity contribution is 5.84. The Morgan fingerprint density at radius 2 is 1.78 bits per heavy atom. The molecule has 1 aliphatic rings. The van der Waals surface area contributed by atoms with Gasteiger partial charge in [-0.2, -0.15) is 13.2 Å². The molecule has 1 saturated heterocycles. The van der Waals surface area contributed by atoms with E-state index in [1.807, 2.05) is 6.07 Å². The van der Waals surface area contributed by atoms with E-state index < -0.39 is 11.7 Å². The van der Waals surface area contributed by atoms with Gasteiger partial charge < -0.3 is 4.90 Å². The summed E-state index contributed by atoms with van der Waals surface area (Å²) in [4.78, 5) is 15.0. The second-order valence-corrected chi connectivity index (χ2v) is 9.49. The topological polar surface area (TPSA) is 20.3 Å². The Morgan fingerprint density at radius 1 is 1.09 bits per heavy atom. The second kappa shape index (κ2) is 10.2. The molecule has 1 fully saturated rings. The second-order valence-electron chi connectivity index (χ2n) is 9.49. The molecule has 32 heavy (non-hydrogen) atoms. The van der Waals surface area contributed by atoms with Gasteiger partial charge in [0, 0.05) is 12.5 Å². The number of carbonyl (C=O) groups excluding carboxylic acids is 1. The molecule has 0 aliphatic carbocycles. The molecule has 0 aromatic heterocycles. The number of carbonyl (C=O) groups is 1. The number of ketones is 1. The minimum atomic E-state index is -4.35. The molecule has 3 rings (SSSR count). The van der Waals surface area contributed by atoms with Gasteiger partial charge in [-0.1, -0.05) is 51.1 Å². The summed E-state index contributed by atoms with van der Waals surface area (Å²) in [7, 11) is 0. The summed E-state index contributed by atoms with van der Waals surface area (Å²) in [6, 6.07) is 11.6. The molecule has 1 aliphatic heterocycles. The van der Waals surface area contributed by atoms with Gasteiger partial charge in [-0.25, -0.2) is 0 Å². The summed E-state index contributed by atoms with van der Waals surface area (Å²) >= 11 is 0. The highest BCUT2D eigenvalue weighted by Gasteiger charge is 2.30. The van der Waals surface area contributed by atoms with Gasteiger partial charge in [-0.15, -0.1) is 0 Å². The van der Waals surface area contributed by atoms with Gasteiger partial charge in [0.2, 0.25) is 0 Å². The number of piperidine rings is 1. The molecular formula is C27H34F3NO. The van der Waals surface area contributed by atoms with Crippen LogP contribution in [0.15, 0.2) is 42.5 Å². The maximum Gasteiger partial charge on any atom is 0.416 e. The lowest BCUT2D eigenvalue weighted by molar-refractivity contribution is -0.137. The highest BCUT2D eigenvalue weighted by Crippen LogP contribution is 2.36. The van der Waals surface area contributed by atoms with E-state index in [-0.39, 0.29) is 11.7 Å². The Kier molecular flexibility index (Phi) is 7.81. The smallest absolute Gasteiger partial charge is 0.303 e. The lowest BCUT2D eigenvalue weighted by atomic mass is 9.82. The summed E-state index contributed by atoms with van der Waals surface area (Å²) in [5.41, 5.74) is 3.15. The molecule has 2 atom stereocenters. The fraction of sp³-hybridized carbons (Fsp3) is 0.519. The minimum Gasteiger partial charge on any atom is -0.303 e. The van der Waals surface area contributed by atoms with E-state index in [0.29, 0.717) is 11.8 Å². The largest absolute Gasteiger partial charge is 0.416 e. The van der Waals surface area contributed by atoms with Crippen molar-refractivity contribution in [3.63, 3.8) is 0 Å². The Bertz CT molecular complexity index is 917. The molecule has 5 heteroatoms. The zero-order valence-electron chi connectivity index (χ0n) is 19.5. The van der Waals surface area contributed by atoms with Crippen molar-refractivity contribution in [1.29, 1.82) is 0 Å². The molecule has 0 bridgehead atoms. The number of halogens is 3. The average molecular weight is 446 g/mol. The lowest BCUT2D eigenvalue weighted by Gasteiger charge is -2.33. The predicted octanol–water partition coefficient (Wildman–Crippen LogP) is 7.29. The fourth-order valence-corrected chi connectivity index (χ4v) is 4.75. The first-order valence-electron chi connectivity index (χ1n) is 11.6. The number of alkyl halides is 3. The van der Waals surface area contributed by atoms with Crippen LogP contribution >= 0.6 is 0 Å². The van der Waals surface area contributed by atoms with Gasteiger partial charge >= 0.3 is 6.18 Å². The van der Waals surface area contributed by atoms with Crippen molar-refractivity contribution in [2.45, 2.75) is 65.0 Å². The van der Waals surface area contributed by atoms with Crippen molar-refractivity contribution in [2.75, 3.05) is 19.6 Å². The Balaban J connectivity index is 2.06. The Hall–Kier alpha value is -2.14. The Morgan fingerprint density at radius 3 is 2.34 bits per heavy atom. The van der Waals surface area contributed by atoms with Gasteiger partial charge in [0.1, 0.15) is 5.78 Å². The Labute approximate surface area is 189 Å². The first-order valence-corrected chi connectivity index (χ1v) is 11.6. The van der Waals surface area contributed by atoms with E-state index in [4.69, 9.17) is 0 Å². The van der Waals surface area contributed by atoms with E-state index >= 15 is 0 Å². The highest BCUT2D eigenvalue weighted by atomic mass is 19.4. The van der Waals surface area contributed by atoms with Crippen molar-refractivity contribution >= 4 is 5.78 Å². The summed E-state index contributed by atoms with van der Waals surface area (Å²) in [5, 5.41) is 0. The lowest BCUT2D eigenvalue weighted by Crippen LogP contribution is -2.34. The summed E-state index contributed by atoms with van der Waals surface area (Å²) in [6.07, 6.45) is -1.38. The molecule has 0 N–H and O–H groups in total. The number of likely N-dealkylation sites (N-methyl/N-ethyl adjacent to an activating group) is 1. The first kappa shape index (κ1) is 24.5. The van der Waals surface area contributed by atoms with Crippen LogP contribution in [0.3, 0.4) is 0 Å². The zero-order valence-corrected chi connectivity index (χ0v) is 19.5. The minimum absolute atomic E-state index is 0.132. The van der Waals surface area contributed by atoms with Crippen molar-refractivity contribution in [2.24, 2.45) is 5.92 Å². The first-order chi connectivity index (χ1) is 15.1. The maximum atomic E-state index is 13.0.